The molecule has 0 bridgehead atoms. The first kappa shape index (κ1) is 12.1. The van der Waals surface area contributed by atoms with E-state index in [1.807, 2.05) is 0 Å². The molecule has 6 nitrogen and oxygen atoms in total. The Morgan fingerprint density at radius 3 is 3.10 bits per heavy atom. The predicted molar refractivity (Wildman–Crippen MR) is 73.9 cm³/mol. The minimum absolute atomic E-state index is 0.112. The first-order valence-electron chi connectivity index (χ1n) is 6.09. The van der Waals surface area contributed by atoms with Crippen LogP contribution in [0.1, 0.15) is 11.4 Å². The third-order valence-corrected chi connectivity index (χ3v) is 3.10. The fraction of sp³-hybridized carbons (Fsp3) is 0.143. The maximum atomic E-state index is 11.4. The zero-order valence-electron chi connectivity index (χ0n) is 10.8. The Morgan fingerprint density at radius 2 is 2.35 bits per heavy atom. The van der Waals surface area contributed by atoms with E-state index < -0.39 is 0 Å². The molecule has 1 aromatic carbocycles. The number of likely N-dealkylation sites (N-methyl/N-ethyl adjacent to an activating group) is 1. The van der Waals surface area contributed by atoms with Crippen molar-refractivity contribution in [2.75, 3.05) is 7.05 Å². The van der Waals surface area contributed by atoms with Crippen LogP contribution in [0.4, 0.5) is 0 Å². The zero-order chi connectivity index (χ0) is 14.1. The van der Waals surface area contributed by atoms with Crippen molar-refractivity contribution in [3.05, 3.63) is 35.8 Å². The van der Waals surface area contributed by atoms with Crippen molar-refractivity contribution in [3.63, 3.8) is 0 Å². The molecule has 0 aliphatic carbocycles. The molecule has 3 aromatic rings. The number of hydrogen-bond donors (Lipinski definition) is 2. The lowest BCUT2D eigenvalue weighted by atomic mass is 10.1. The summed E-state index contributed by atoms with van der Waals surface area (Å²) in [6.45, 7) is 0. The van der Waals surface area contributed by atoms with Gasteiger partial charge in [-0.3, -0.25) is 9.78 Å². The predicted octanol–water partition coefficient (Wildman–Crippen LogP) is 1.27. The van der Waals surface area contributed by atoms with Crippen LogP contribution in [0.15, 0.2) is 24.4 Å². The van der Waals surface area contributed by atoms with E-state index in [1.54, 1.807) is 31.4 Å². The van der Waals surface area contributed by atoms with E-state index in [-0.39, 0.29) is 12.3 Å². The quantitative estimate of drug-likeness (QED) is 0.729. The number of rotatable bonds is 2. The zero-order valence-corrected chi connectivity index (χ0v) is 10.8. The SMILES string of the molecule is CNC(=O)Cc1nc2c(cnc3ccc(C#N)cc32)[nH]1. The van der Waals surface area contributed by atoms with Gasteiger partial charge in [-0.2, -0.15) is 5.26 Å². The normalized spacial score (nSPS) is 10.6. The van der Waals surface area contributed by atoms with Crippen molar-refractivity contribution in [3.8, 4) is 6.07 Å². The lowest BCUT2D eigenvalue weighted by Crippen LogP contribution is -2.20. The van der Waals surface area contributed by atoms with Crippen LogP contribution in [-0.4, -0.2) is 27.9 Å². The van der Waals surface area contributed by atoms with Crippen LogP contribution in [0, 0.1) is 11.3 Å². The van der Waals surface area contributed by atoms with E-state index in [4.69, 9.17) is 5.26 Å². The fourth-order valence-corrected chi connectivity index (χ4v) is 2.10. The number of carbonyl (C=O) groups excluding carboxylic acids is 1. The molecule has 0 spiro atoms. The highest BCUT2D eigenvalue weighted by atomic mass is 16.1. The summed E-state index contributed by atoms with van der Waals surface area (Å²) in [5.41, 5.74) is 2.81. The molecule has 0 saturated heterocycles. The van der Waals surface area contributed by atoms with Crippen LogP contribution in [0.5, 0.6) is 0 Å². The number of hydrogen-bond acceptors (Lipinski definition) is 4. The highest BCUT2D eigenvalue weighted by Gasteiger charge is 2.10. The molecule has 0 unspecified atom stereocenters. The van der Waals surface area contributed by atoms with Crippen LogP contribution in [-0.2, 0) is 11.2 Å². The van der Waals surface area contributed by atoms with Gasteiger partial charge in [-0.05, 0) is 18.2 Å². The molecule has 0 atom stereocenters. The Hall–Kier alpha value is -2.94. The highest BCUT2D eigenvalue weighted by molar-refractivity contribution is 6.02. The van der Waals surface area contributed by atoms with Gasteiger partial charge in [0.25, 0.3) is 0 Å². The first-order chi connectivity index (χ1) is 9.71. The van der Waals surface area contributed by atoms with Crippen molar-refractivity contribution in [1.29, 1.82) is 5.26 Å². The van der Waals surface area contributed by atoms with Gasteiger partial charge in [0.2, 0.25) is 5.91 Å². The smallest absolute Gasteiger partial charge is 0.227 e. The van der Waals surface area contributed by atoms with Crippen LogP contribution >= 0.6 is 0 Å². The summed E-state index contributed by atoms with van der Waals surface area (Å²) < 4.78 is 0. The van der Waals surface area contributed by atoms with Crippen LogP contribution in [0.3, 0.4) is 0 Å². The molecule has 0 radical (unpaired) electrons. The number of nitrogens with one attached hydrogen (secondary N) is 2. The third kappa shape index (κ3) is 1.95. The van der Waals surface area contributed by atoms with Crippen molar-refractivity contribution in [2.45, 2.75) is 6.42 Å². The molecule has 2 N–H and O–H groups in total. The number of amides is 1. The molecule has 1 amide bonds. The molecular formula is C14H11N5O. The number of carbonyl (C=O) groups is 1. The van der Waals surface area contributed by atoms with Gasteiger partial charge in [-0.1, -0.05) is 0 Å². The molecule has 0 aliphatic heterocycles. The number of pyridine rings is 1. The van der Waals surface area contributed by atoms with Gasteiger partial charge >= 0.3 is 0 Å². The highest BCUT2D eigenvalue weighted by Crippen LogP contribution is 2.22. The van der Waals surface area contributed by atoms with E-state index in [0.717, 1.165) is 21.9 Å². The Balaban J connectivity index is 2.20. The molecule has 20 heavy (non-hydrogen) atoms. The van der Waals surface area contributed by atoms with Crippen LogP contribution < -0.4 is 5.32 Å². The van der Waals surface area contributed by atoms with Gasteiger partial charge in [-0.25, -0.2) is 4.98 Å². The lowest BCUT2D eigenvalue weighted by Gasteiger charge is -1.97. The molecule has 0 fully saturated rings. The van der Waals surface area contributed by atoms with Crippen molar-refractivity contribution in [2.24, 2.45) is 0 Å². The second-order valence-electron chi connectivity index (χ2n) is 4.40. The minimum atomic E-state index is -0.112. The van der Waals surface area contributed by atoms with E-state index >= 15 is 0 Å². The summed E-state index contributed by atoms with van der Waals surface area (Å²) in [5.74, 6) is 0.468. The Kier molecular flexibility index (Phi) is 2.80. The van der Waals surface area contributed by atoms with Crippen LogP contribution in [0.2, 0.25) is 0 Å². The largest absolute Gasteiger partial charge is 0.359 e. The summed E-state index contributed by atoms with van der Waals surface area (Å²) in [4.78, 5) is 23.2. The minimum Gasteiger partial charge on any atom is -0.359 e. The fourth-order valence-electron chi connectivity index (χ4n) is 2.10. The molecule has 2 aromatic heterocycles. The summed E-state index contributed by atoms with van der Waals surface area (Å²) >= 11 is 0. The van der Waals surface area contributed by atoms with Crippen molar-refractivity contribution >= 4 is 27.8 Å². The van der Waals surface area contributed by atoms with E-state index in [1.165, 1.54) is 0 Å². The van der Waals surface area contributed by atoms with E-state index in [0.29, 0.717) is 11.4 Å². The van der Waals surface area contributed by atoms with Gasteiger partial charge < -0.3 is 10.3 Å². The second kappa shape index (κ2) is 4.63. The van der Waals surface area contributed by atoms with E-state index in [9.17, 15) is 4.79 Å². The number of H-pyrrole nitrogens is 1. The number of benzene rings is 1. The molecule has 98 valence electrons. The molecule has 0 aliphatic rings. The van der Waals surface area contributed by atoms with Crippen molar-refractivity contribution in [1.82, 2.24) is 20.3 Å². The number of nitriles is 1. The average Bonchev–Trinajstić information content (AvgIpc) is 2.89. The second-order valence-corrected chi connectivity index (χ2v) is 4.40. The number of aromatic amines is 1. The number of imidazole rings is 1. The molecular weight excluding hydrogens is 254 g/mol. The first-order valence-corrected chi connectivity index (χ1v) is 6.09. The van der Waals surface area contributed by atoms with Gasteiger partial charge in [0.15, 0.2) is 0 Å². The van der Waals surface area contributed by atoms with Crippen LogP contribution in [0.25, 0.3) is 21.9 Å². The monoisotopic (exact) mass is 265 g/mol. The van der Waals surface area contributed by atoms with Gasteiger partial charge in [0.1, 0.15) is 5.82 Å². The Morgan fingerprint density at radius 1 is 1.50 bits per heavy atom. The van der Waals surface area contributed by atoms with Gasteiger partial charge in [0.05, 0.1) is 40.8 Å². The lowest BCUT2D eigenvalue weighted by molar-refractivity contribution is -0.120. The summed E-state index contributed by atoms with van der Waals surface area (Å²) in [6, 6.07) is 7.37. The summed E-state index contributed by atoms with van der Waals surface area (Å²) in [5, 5.41) is 12.3. The Labute approximate surface area is 114 Å². The summed E-state index contributed by atoms with van der Waals surface area (Å²) in [7, 11) is 1.58. The van der Waals surface area contributed by atoms with Gasteiger partial charge in [-0.15, -0.1) is 0 Å². The topological polar surface area (TPSA) is 94.5 Å². The summed E-state index contributed by atoms with van der Waals surface area (Å²) in [6.07, 6.45) is 1.87. The number of fused-ring (bicyclic) bond motifs is 3. The number of aromatic nitrogens is 3. The molecule has 3 rings (SSSR count). The maximum absolute atomic E-state index is 11.4. The maximum Gasteiger partial charge on any atom is 0.227 e. The Bertz CT molecular complexity index is 859. The van der Waals surface area contributed by atoms with Crippen molar-refractivity contribution < 1.29 is 4.79 Å². The molecule has 2 heterocycles. The number of nitrogens with zero attached hydrogens (tertiary/aromatic N) is 3. The average molecular weight is 265 g/mol. The van der Waals surface area contributed by atoms with Gasteiger partial charge in [0, 0.05) is 12.4 Å². The van der Waals surface area contributed by atoms with E-state index in [2.05, 4.69) is 26.3 Å². The molecule has 6 heteroatoms. The third-order valence-electron chi connectivity index (χ3n) is 3.10. The standard InChI is InChI=1S/C14H11N5O/c1-16-13(20)5-12-18-11-7-17-10-3-2-8(6-15)4-9(10)14(11)19-12/h2-4,7H,5H2,1H3,(H,16,20)(H,18,19). The molecule has 0 saturated carbocycles.